The van der Waals surface area contributed by atoms with Crippen LogP contribution in [0.3, 0.4) is 0 Å². The summed E-state index contributed by atoms with van der Waals surface area (Å²) in [5.41, 5.74) is 30.0. The zero-order valence-corrected chi connectivity index (χ0v) is 77.7. The topological polar surface area (TPSA) is 169 Å². The highest BCUT2D eigenvalue weighted by Gasteiger charge is 2.50. The number of benzene rings is 16. The summed E-state index contributed by atoms with van der Waals surface area (Å²) in [4.78, 5) is 45.2. The van der Waals surface area contributed by atoms with Crippen LogP contribution in [-0.2, 0) is 32.5 Å². The van der Waals surface area contributed by atoms with Crippen molar-refractivity contribution in [3.63, 3.8) is 0 Å². The summed E-state index contributed by atoms with van der Waals surface area (Å²) in [5, 5.41) is 9.01. The van der Waals surface area contributed by atoms with E-state index in [4.69, 9.17) is 62.5 Å². The van der Waals surface area contributed by atoms with Gasteiger partial charge >= 0.3 is 0 Å². The minimum Gasteiger partial charge on any atom is -0.456 e. The van der Waals surface area contributed by atoms with Crippen LogP contribution in [-0.4, -0.2) is 44.9 Å². The minimum atomic E-state index is -0.218. The molecule has 656 valence electrons. The van der Waals surface area contributed by atoms with Crippen LogP contribution in [0, 0.1) is 0 Å². The summed E-state index contributed by atoms with van der Waals surface area (Å²) in [6.07, 6.45) is 0. The van der Waals surface area contributed by atoms with Gasteiger partial charge in [0.1, 0.15) is 44.7 Å². The molecule has 13 heteroatoms. The maximum absolute atomic E-state index is 6.36. The molecule has 0 bridgehead atoms. The van der Waals surface area contributed by atoms with Crippen LogP contribution in [0.4, 0.5) is 0 Å². The van der Waals surface area contributed by atoms with Gasteiger partial charge in [0, 0.05) is 98.6 Å². The number of hydrogen-bond donors (Lipinski definition) is 0. The Labute approximate surface area is 787 Å². The molecule has 0 amide bonds. The van der Waals surface area contributed by atoms with Crippen molar-refractivity contribution in [3.8, 4) is 136 Å². The Hall–Kier alpha value is -16.3. The van der Waals surface area contributed by atoms with E-state index in [1.807, 2.05) is 212 Å². The molecule has 7 heterocycles. The van der Waals surface area contributed by atoms with Crippen LogP contribution < -0.4 is 0 Å². The highest BCUT2D eigenvalue weighted by molar-refractivity contribution is 6.14. The first kappa shape index (κ1) is 82.9. The highest BCUT2D eigenvalue weighted by atomic mass is 16.3. The summed E-state index contributed by atoms with van der Waals surface area (Å²) in [6, 6.07) is 124. The summed E-state index contributed by atoms with van der Waals surface area (Å²) < 4.78 is 25.2. The lowest BCUT2D eigenvalue weighted by Gasteiger charge is -2.48. The van der Waals surface area contributed by atoms with E-state index >= 15 is 0 Å². The van der Waals surface area contributed by atoms with Gasteiger partial charge < -0.3 is 17.7 Å². The molecule has 3 aliphatic rings. The van der Waals surface area contributed by atoms with Gasteiger partial charge in [-0.3, -0.25) is 0 Å². The number of para-hydroxylation sites is 4. The van der Waals surface area contributed by atoms with Crippen molar-refractivity contribution in [1.82, 2.24) is 44.9 Å². The van der Waals surface area contributed by atoms with Gasteiger partial charge in [0.05, 0.1) is 0 Å². The molecule has 136 heavy (non-hydrogen) atoms. The van der Waals surface area contributed by atoms with Crippen LogP contribution >= 0.6 is 0 Å². The fraction of sp³-hybridized carbons (Fsp3) is 0.146. The zero-order valence-electron chi connectivity index (χ0n) is 77.7. The molecule has 7 aromatic heterocycles. The van der Waals surface area contributed by atoms with Gasteiger partial charge in [-0.15, -0.1) is 0 Å². The largest absolute Gasteiger partial charge is 0.456 e. The van der Waals surface area contributed by atoms with Gasteiger partial charge in [0.2, 0.25) is 0 Å². The summed E-state index contributed by atoms with van der Waals surface area (Å²) in [6.45, 7) is 28.2. The van der Waals surface area contributed by atoms with Crippen LogP contribution in [0.1, 0.15) is 116 Å². The van der Waals surface area contributed by atoms with E-state index in [1.54, 1.807) is 0 Å². The van der Waals surface area contributed by atoms with E-state index in [2.05, 4.69) is 229 Å². The zero-order chi connectivity index (χ0) is 92.5. The van der Waals surface area contributed by atoms with E-state index in [0.29, 0.717) is 52.4 Å². The molecule has 0 N–H and O–H groups in total. The maximum Gasteiger partial charge on any atom is 0.164 e. The van der Waals surface area contributed by atoms with Crippen LogP contribution in [0.5, 0.6) is 0 Å². The molecule has 13 nitrogen and oxygen atoms in total. The number of fused-ring (bicyclic) bond motifs is 22. The van der Waals surface area contributed by atoms with E-state index in [1.165, 1.54) is 77.5 Å². The third-order valence-corrected chi connectivity index (χ3v) is 30.7. The van der Waals surface area contributed by atoms with Crippen molar-refractivity contribution in [2.75, 3.05) is 0 Å². The van der Waals surface area contributed by atoms with Gasteiger partial charge in [0.15, 0.2) is 52.4 Å². The lowest BCUT2D eigenvalue weighted by Crippen LogP contribution is -2.43. The average molecular weight is 1760 g/mol. The Morgan fingerprint density at radius 3 is 0.772 bits per heavy atom. The number of aromatic nitrogens is 9. The van der Waals surface area contributed by atoms with Crippen LogP contribution in [0.15, 0.2) is 376 Å². The second kappa shape index (κ2) is 31.2. The average Bonchev–Trinajstić information content (AvgIpc) is 1.32. The smallest absolute Gasteiger partial charge is 0.164 e. The Bertz CT molecular complexity index is 8500. The molecule has 3 aliphatic carbocycles. The van der Waals surface area contributed by atoms with Crippen molar-refractivity contribution in [3.05, 3.63) is 391 Å². The van der Waals surface area contributed by atoms with Gasteiger partial charge in [-0.25, -0.2) is 44.9 Å². The summed E-state index contributed by atoms with van der Waals surface area (Å²) in [7, 11) is 0. The molecule has 0 saturated carbocycles. The Kier molecular flexibility index (Phi) is 19.0. The van der Waals surface area contributed by atoms with Gasteiger partial charge in [0.25, 0.3) is 0 Å². The molecule has 0 aliphatic heterocycles. The third kappa shape index (κ3) is 13.2. The number of hydrogen-bond acceptors (Lipinski definition) is 13. The van der Waals surface area contributed by atoms with Crippen molar-refractivity contribution in [2.24, 2.45) is 0 Å². The number of rotatable bonds is 9. The third-order valence-electron chi connectivity index (χ3n) is 30.7. The predicted molar refractivity (Wildman–Crippen MR) is 552 cm³/mol. The Morgan fingerprint density at radius 2 is 0.412 bits per heavy atom. The van der Waals surface area contributed by atoms with Gasteiger partial charge in [-0.1, -0.05) is 362 Å². The normalized spacial score (nSPS) is 14.8. The molecule has 0 spiro atoms. The molecular weight excluding hydrogens is 1670 g/mol. The molecule has 16 aromatic carbocycles. The minimum absolute atomic E-state index is 0.162. The lowest BCUT2D eigenvalue weighted by molar-refractivity contribution is 0.299. The first-order chi connectivity index (χ1) is 65.9. The highest BCUT2D eigenvalue weighted by Crippen LogP contribution is 2.61. The summed E-state index contributed by atoms with van der Waals surface area (Å²) in [5.74, 6) is 5.90. The summed E-state index contributed by atoms with van der Waals surface area (Å²) >= 11 is 0. The monoisotopic (exact) mass is 1760 g/mol. The first-order valence-corrected chi connectivity index (χ1v) is 46.7. The standard InChI is InChI=1S/C45H33N3O2.2C39H31N3O/c1-44(2)34-23-27(21-22-28(34)32-24-33-29-15-8-10-18-36(29)50-39(33)25-35(32)45(44,3)4)42-46-41(26-13-6-5-7-14-26)47-43(48-42)31-17-12-20-38-40(31)30-16-9-11-19-37(30)49-38;1-38(2)31-21-26(37-41-35(24-13-7-5-8-14-24)40-36(42-37)25-15-9-6-10-16-25)19-20-27(31)29-22-30-28-17-11-12-18-33(28)43-34(30)23-32(29)39(38,3)4;1-38(2)30-23-26(37-41-35(24-13-7-5-8-14-24)40-36(42-37)25-15-9-6-10-16-25)19-20-27(30)28-21-22-32-33(34(28)39(38,3)4)29-17-11-12-18-31(29)43-32/h5-25H,1-4H3;2*5-23H,1-4H3. The van der Waals surface area contributed by atoms with E-state index in [9.17, 15) is 0 Å². The molecule has 26 rings (SSSR count). The van der Waals surface area contributed by atoms with Crippen LogP contribution in [0.25, 0.3) is 224 Å². The number of nitrogens with zero attached hydrogens (tertiary/aromatic N) is 9. The molecule has 0 fully saturated rings. The molecule has 0 saturated heterocycles. The Morgan fingerprint density at radius 1 is 0.154 bits per heavy atom. The predicted octanol–water partition coefficient (Wildman–Crippen LogP) is 31.9. The quantitative estimate of drug-likeness (QED) is 0.134. The molecule has 0 radical (unpaired) electrons. The second-order valence-electron chi connectivity index (χ2n) is 39.5. The number of furan rings is 4. The van der Waals surface area contributed by atoms with E-state index in [-0.39, 0.29) is 32.5 Å². The SMILES string of the molecule is CC1(C)c2cc(-c3nc(-c4ccccc4)nc(-c4cccc5oc6ccccc6c45)n3)ccc2-c2cc3c(cc2C1(C)C)oc1ccccc13.CC1(C)c2cc(-c3nc(-c4ccccc4)nc(-c4ccccc4)n3)ccc2-c2cc3c(cc2C1(C)C)oc1ccccc13.CC1(C)c2cc(-c3nc(-c4ccccc4)nc(-c4ccccc4)n3)ccc2-c2ccc3oc4ccccc4c3c2C1(C)C. The first-order valence-electron chi connectivity index (χ1n) is 46.7. The van der Waals surface area contributed by atoms with Crippen molar-refractivity contribution >= 4 is 87.8 Å². The molecule has 0 atom stereocenters. The lowest BCUT2D eigenvalue weighted by atomic mass is 9.54. The van der Waals surface area contributed by atoms with Crippen LogP contribution in [0.2, 0.25) is 0 Å². The van der Waals surface area contributed by atoms with Crippen molar-refractivity contribution < 1.29 is 17.7 Å². The molecule has 23 aromatic rings. The fourth-order valence-corrected chi connectivity index (χ4v) is 21.2. The van der Waals surface area contributed by atoms with Crippen molar-refractivity contribution in [2.45, 2.75) is 116 Å². The molecular formula is C123H95N9O4. The van der Waals surface area contributed by atoms with E-state index < -0.39 is 0 Å². The van der Waals surface area contributed by atoms with Crippen molar-refractivity contribution in [1.29, 1.82) is 0 Å². The Balaban J connectivity index is 0.000000112. The second-order valence-corrected chi connectivity index (χ2v) is 39.5. The van der Waals surface area contributed by atoms with Gasteiger partial charge in [-0.05, 0) is 173 Å². The van der Waals surface area contributed by atoms with E-state index in [0.717, 1.165) is 127 Å². The fourth-order valence-electron chi connectivity index (χ4n) is 21.2. The maximum atomic E-state index is 6.36. The van der Waals surface area contributed by atoms with Gasteiger partial charge in [-0.2, -0.15) is 0 Å². The molecule has 0 unspecified atom stereocenters.